The molecule has 3 aromatic carbocycles. The van der Waals surface area contributed by atoms with Gasteiger partial charge in [-0.1, -0.05) is 59.6 Å². The third kappa shape index (κ3) is 9.74. The van der Waals surface area contributed by atoms with Crippen molar-refractivity contribution in [3.05, 3.63) is 117 Å². The van der Waals surface area contributed by atoms with Gasteiger partial charge in [-0.15, -0.1) is 0 Å². The average Bonchev–Trinajstić information content (AvgIpc) is 4.02. The van der Waals surface area contributed by atoms with Gasteiger partial charge in [-0.05, 0) is 86.0 Å². The van der Waals surface area contributed by atoms with Crippen LogP contribution in [0.25, 0.3) is 0 Å². The van der Waals surface area contributed by atoms with Crippen LogP contribution in [0.1, 0.15) is 64.9 Å². The molecule has 8 rings (SSSR count). The number of hydrogen-bond acceptors (Lipinski definition) is 10. The second-order valence-corrected chi connectivity index (χ2v) is 15.1. The molecule has 296 valence electrons. The number of aromatic nitrogens is 1. The molecule has 4 fully saturated rings. The summed E-state index contributed by atoms with van der Waals surface area (Å²) in [5.41, 5.74) is 1.79. The van der Waals surface area contributed by atoms with Crippen LogP contribution in [-0.4, -0.2) is 62.9 Å². The van der Waals surface area contributed by atoms with E-state index in [0.717, 1.165) is 51.2 Å². The zero-order chi connectivity index (χ0) is 39.3. The van der Waals surface area contributed by atoms with E-state index in [0.29, 0.717) is 57.8 Å². The van der Waals surface area contributed by atoms with Gasteiger partial charge < -0.3 is 34.2 Å². The fraction of sp³-hybridized carbons (Fsp3) is 0.390. The highest BCUT2D eigenvalue weighted by Crippen LogP contribution is 2.39. The molecule has 0 radical (unpaired) electrons. The number of fused-ring (bicyclic) bond motifs is 3. The molecule has 3 atom stereocenters. The van der Waals surface area contributed by atoms with E-state index in [1.165, 1.54) is 37.4 Å². The fourth-order valence-electron chi connectivity index (χ4n) is 7.13. The lowest BCUT2D eigenvalue weighted by molar-refractivity contribution is -0.605. The van der Waals surface area contributed by atoms with E-state index in [9.17, 15) is 23.6 Å². The lowest BCUT2D eigenvalue weighted by Gasteiger charge is -2.44. The predicted molar refractivity (Wildman–Crippen MR) is 203 cm³/mol. The number of hydrogen-bond donors (Lipinski definition) is 1. The molecule has 1 aromatic heterocycles. The maximum atomic E-state index is 14.1. The molecule has 1 saturated carbocycles. The van der Waals surface area contributed by atoms with Crippen LogP contribution in [-0.2, 0) is 20.7 Å². The van der Waals surface area contributed by atoms with Crippen LogP contribution in [0.2, 0.25) is 10.0 Å². The smallest absolute Gasteiger partial charge is 0.387 e. The van der Waals surface area contributed by atoms with Gasteiger partial charge in [-0.3, -0.25) is 4.90 Å². The summed E-state index contributed by atoms with van der Waals surface area (Å²) in [5, 5.41) is 15.4. The normalized spacial score (nSPS) is 19.9. The first-order chi connectivity index (χ1) is 27.0. The van der Waals surface area contributed by atoms with E-state index in [2.05, 4.69) is 10.2 Å². The van der Waals surface area contributed by atoms with Gasteiger partial charge in [0.1, 0.15) is 28.0 Å². The standard InChI is InChI=1S/C41H41Cl2F2N3O8/c1-52-30-16-28(15-29(18-30)46-38(26-5-3-2-4-6-26)40(50)55-37-22-47-13-11-25(37)12-14-47)39(49)54-35(19-31-32(42)20-48(51)21-33(31)43)27-9-10-34(56-41(44)45)36(17-27)53-23-24-7-8-24/h2-6,9-10,15-18,20-21,24-25,35,37-38,41,46H,7-8,11-14,19,22-23H2,1H3/t35-,37-,38?/m0/s1. The molecule has 56 heavy (non-hydrogen) atoms. The Labute approximate surface area is 332 Å². The van der Waals surface area contributed by atoms with Gasteiger partial charge in [-0.25, -0.2) is 9.59 Å². The summed E-state index contributed by atoms with van der Waals surface area (Å²) in [6, 6.07) is 17.2. The summed E-state index contributed by atoms with van der Waals surface area (Å²) in [5.74, 6) is -0.469. The minimum absolute atomic E-state index is 0.0290. The monoisotopic (exact) mass is 811 g/mol. The van der Waals surface area contributed by atoms with Gasteiger partial charge in [0.2, 0.25) is 0 Å². The molecule has 1 unspecified atom stereocenters. The van der Waals surface area contributed by atoms with Crippen molar-refractivity contribution in [1.29, 1.82) is 0 Å². The summed E-state index contributed by atoms with van der Waals surface area (Å²) in [6.07, 6.45) is 4.69. The van der Waals surface area contributed by atoms with Gasteiger partial charge >= 0.3 is 18.6 Å². The predicted octanol–water partition coefficient (Wildman–Crippen LogP) is 7.96. The minimum Gasteiger partial charge on any atom is -0.619 e. The van der Waals surface area contributed by atoms with Gasteiger partial charge in [0, 0.05) is 30.3 Å². The number of benzene rings is 3. The highest BCUT2D eigenvalue weighted by molar-refractivity contribution is 6.35. The first-order valence-electron chi connectivity index (χ1n) is 18.5. The summed E-state index contributed by atoms with van der Waals surface area (Å²) in [4.78, 5) is 30.3. The first kappa shape index (κ1) is 39.4. The van der Waals surface area contributed by atoms with Gasteiger partial charge in [0.25, 0.3) is 0 Å². The molecule has 15 heteroatoms. The highest BCUT2D eigenvalue weighted by atomic mass is 35.5. The van der Waals surface area contributed by atoms with Crippen LogP contribution in [0.3, 0.4) is 0 Å². The summed E-state index contributed by atoms with van der Waals surface area (Å²) in [7, 11) is 1.45. The number of piperidine rings is 3. The number of anilines is 1. The van der Waals surface area contributed by atoms with Gasteiger partial charge in [0.05, 0.1) is 19.3 Å². The SMILES string of the molecule is COc1cc(NC(C(=O)O[C@H]2CN3CCC2CC3)c2ccccc2)cc(C(=O)O[C@@H](Cc2c(Cl)c[n+]([O-])cc2Cl)c2ccc(OC(F)F)c(OCC3CC3)c2)c1. The van der Waals surface area contributed by atoms with E-state index in [1.54, 1.807) is 6.07 Å². The van der Waals surface area contributed by atoms with Crippen molar-refractivity contribution in [1.82, 2.24) is 4.90 Å². The third-order valence-corrected chi connectivity index (χ3v) is 11.0. The van der Waals surface area contributed by atoms with Crippen molar-refractivity contribution in [3.63, 3.8) is 0 Å². The molecule has 1 N–H and O–H groups in total. The molecule has 3 saturated heterocycles. The van der Waals surface area contributed by atoms with E-state index in [4.69, 9.17) is 46.9 Å². The Morgan fingerprint density at radius 1 is 0.946 bits per heavy atom. The van der Waals surface area contributed by atoms with Crippen molar-refractivity contribution in [2.45, 2.75) is 57.0 Å². The van der Waals surface area contributed by atoms with Crippen molar-refractivity contribution in [3.8, 4) is 17.2 Å². The number of methoxy groups -OCH3 is 1. The van der Waals surface area contributed by atoms with Crippen molar-refractivity contribution >= 4 is 40.8 Å². The number of pyridine rings is 1. The Hall–Kier alpha value is -4.85. The van der Waals surface area contributed by atoms with Gasteiger partial charge in [0.15, 0.2) is 29.9 Å². The molecule has 0 spiro atoms. The second kappa shape index (κ2) is 17.5. The zero-order valence-electron chi connectivity index (χ0n) is 30.5. The number of ether oxygens (including phenoxy) is 5. The fourth-order valence-corrected chi connectivity index (χ4v) is 7.73. The Morgan fingerprint density at radius 2 is 1.68 bits per heavy atom. The summed E-state index contributed by atoms with van der Waals surface area (Å²) in [6.45, 7) is -0.104. The maximum Gasteiger partial charge on any atom is 0.387 e. The van der Waals surface area contributed by atoms with Crippen LogP contribution in [0.15, 0.2) is 79.1 Å². The number of alkyl halides is 2. The molecule has 4 aliphatic rings. The van der Waals surface area contributed by atoms with Crippen molar-refractivity contribution in [2.24, 2.45) is 11.8 Å². The van der Waals surface area contributed by atoms with E-state index >= 15 is 0 Å². The number of rotatable bonds is 16. The van der Waals surface area contributed by atoms with E-state index in [1.807, 2.05) is 30.3 Å². The number of carbonyl (C=O) groups excluding carboxylic acids is 2. The molecule has 11 nitrogen and oxygen atoms in total. The lowest BCUT2D eigenvalue weighted by atomic mass is 9.86. The molecule has 1 aliphatic carbocycles. The van der Waals surface area contributed by atoms with E-state index in [-0.39, 0.29) is 39.6 Å². The quantitative estimate of drug-likeness (QED) is 0.0678. The summed E-state index contributed by atoms with van der Waals surface area (Å²) < 4.78 is 55.6. The lowest BCUT2D eigenvalue weighted by Crippen LogP contribution is -2.52. The molecule has 0 amide bonds. The largest absolute Gasteiger partial charge is 0.619 e. The Bertz CT molecular complexity index is 2010. The minimum atomic E-state index is -3.10. The van der Waals surface area contributed by atoms with Crippen LogP contribution in [0, 0.1) is 17.0 Å². The molecular weight excluding hydrogens is 771 g/mol. The Kier molecular flexibility index (Phi) is 12.3. The van der Waals surface area contributed by atoms with Crippen LogP contribution < -0.4 is 24.3 Å². The zero-order valence-corrected chi connectivity index (χ0v) is 32.0. The van der Waals surface area contributed by atoms with Crippen LogP contribution in [0.5, 0.6) is 17.2 Å². The van der Waals surface area contributed by atoms with E-state index < -0.39 is 30.7 Å². The summed E-state index contributed by atoms with van der Waals surface area (Å²) >= 11 is 12.9. The number of esters is 2. The molecule has 3 aliphatic heterocycles. The topological polar surface area (TPSA) is 123 Å². The molecule has 4 aromatic rings. The average molecular weight is 813 g/mol. The third-order valence-electron chi connectivity index (χ3n) is 10.3. The van der Waals surface area contributed by atoms with Crippen molar-refractivity contribution in [2.75, 3.05) is 38.7 Å². The van der Waals surface area contributed by atoms with Crippen LogP contribution >= 0.6 is 23.2 Å². The first-order valence-corrected chi connectivity index (χ1v) is 19.2. The second-order valence-electron chi connectivity index (χ2n) is 14.3. The molecular formula is C41H41Cl2F2N3O8. The number of nitrogens with zero attached hydrogens (tertiary/aromatic N) is 2. The van der Waals surface area contributed by atoms with Crippen LogP contribution in [0.4, 0.5) is 14.5 Å². The molecule has 4 heterocycles. The number of halogens is 4. The van der Waals surface area contributed by atoms with Gasteiger partial charge in [-0.2, -0.15) is 13.5 Å². The number of nitrogens with one attached hydrogen (secondary N) is 1. The Morgan fingerprint density at radius 3 is 2.32 bits per heavy atom. The van der Waals surface area contributed by atoms with Crippen molar-refractivity contribution < 1.29 is 46.8 Å². The number of carbonyl (C=O) groups is 2. The molecule has 2 bridgehead atoms. The maximum absolute atomic E-state index is 14.1. The highest BCUT2D eigenvalue weighted by Gasteiger charge is 2.38. The Balaban J connectivity index is 1.18.